The first-order valence-electron chi connectivity index (χ1n) is 5.57. The Morgan fingerprint density at radius 3 is 1.83 bits per heavy atom. The van der Waals surface area contributed by atoms with Crippen LogP contribution < -0.4 is 0 Å². The Morgan fingerprint density at radius 2 is 1.44 bits per heavy atom. The molecule has 0 unspecified atom stereocenters. The van der Waals surface area contributed by atoms with Crippen LogP contribution in [0.1, 0.15) is 11.1 Å². The molecule has 0 spiro atoms. The first-order chi connectivity index (χ1) is 8.35. The first-order valence-corrected chi connectivity index (χ1v) is 7.72. The molecule has 0 fully saturated rings. The highest BCUT2D eigenvalue weighted by molar-refractivity contribution is 7.90. The number of rotatable bonds is 6. The van der Waals surface area contributed by atoms with Gasteiger partial charge in [-0.3, -0.25) is 0 Å². The van der Waals surface area contributed by atoms with Gasteiger partial charge in [-0.05, 0) is 25.2 Å². The molecule has 4 nitrogen and oxygen atoms in total. The Kier molecular flexibility index (Phi) is 5.59. The number of benzene rings is 1. The molecule has 0 saturated carbocycles. The first kappa shape index (κ1) is 15.4. The fraction of sp³-hybridized carbons (Fsp3) is 0.500. The minimum atomic E-state index is -3.33. The number of hydrogen-bond acceptors (Lipinski definition) is 3. The van der Waals surface area contributed by atoms with Gasteiger partial charge in [-0.2, -0.15) is 4.31 Å². The van der Waals surface area contributed by atoms with Gasteiger partial charge in [0.1, 0.15) is 5.21 Å². The van der Waals surface area contributed by atoms with E-state index in [4.69, 9.17) is 11.6 Å². The van der Waals surface area contributed by atoms with Crippen molar-refractivity contribution in [2.24, 2.45) is 0 Å². The minimum Gasteiger partial charge on any atom is -0.305 e. The van der Waals surface area contributed by atoms with Gasteiger partial charge in [-0.15, -0.1) is 11.6 Å². The summed E-state index contributed by atoms with van der Waals surface area (Å²) < 4.78 is 24.3. The predicted molar refractivity (Wildman–Crippen MR) is 74.9 cm³/mol. The zero-order chi connectivity index (χ0) is 13.8. The van der Waals surface area contributed by atoms with E-state index < -0.39 is 10.0 Å². The van der Waals surface area contributed by atoms with Crippen molar-refractivity contribution in [1.29, 1.82) is 0 Å². The molecule has 1 aromatic carbocycles. The maximum Gasteiger partial charge on any atom is 0.228 e. The maximum absolute atomic E-state index is 11.5. The molecule has 0 N–H and O–H groups in total. The van der Waals surface area contributed by atoms with Crippen molar-refractivity contribution in [3.63, 3.8) is 0 Å². The fourth-order valence-corrected chi connectivity index (χ4v) is 2.57. The zero-order valence-electron chi connectivity index (χ0n) is 10.9. The normalized spacial score (nSPS) is 12.3. The highest BCUT2D eigenvalue weighted by atomic mass is 35.5. The van der Waals surface area contributed by atoms with Crippen LogP contribution in [0.15, 0.2) is 24.3 Å². The second kappa shape index (κ2) is 6.52. The Hall–Kier alpha value is -0.620. The van der Waals surface area contributed by atoms with E-state index in [-0.39, 0.29) is 5.21 Å². The SMILES string of the molecule is CN(C)Cc1ccc(CN(C)S(=O)(=O)CCl)cc1. The van der Waals surface area contributed by atoms with Crippen molar-refractivity contribution in [3.8, 4) is 0 Å². The van der Waals surface area contributed by atoms with Crippen LogP contribution in [-0.4, -0.2) is 44.0 Å². The molecule has 0 heterocycles. The number of alkyl halides is 1. The summed E-state index contributed by atoms with van der Waals surface area (Å²) in [5.74, 6) is 0. The van der Waals surface area contributed by atoms with Gasteiger partial charge in [-0.1, -0.05) is 24.3 Å². The van der Waals surface area contributed by atoms with Crippen LogP contribution in [0.25, 0.3) is 0 Å². The smallest absolute Gasteiger partial charge is 0.228 e. The lowest BCUT2D eigenvalue weighted by Gasteiger charge is -2.16. The molecule has 1 aromatic rings. The average Bonchev–Trinajstić information content (AvgIpc) is 2.31. The molecule has 1 rings (SSSR count). The van der Waals surface area contributed by atoms with Crippen LogP contribution in [0, 0.1) is 0 Å². The molecule has 0 radical (unpaired) electrons. The van der Waals surface area contributed by atoms with Crippen molar-refractivity contribution in [2.45, 2.75) is 13.1 Å². The Balaban J connectivity index is 2.70. The zero-order valence-corrected chi connectivity index (χ0v) is 12.5. The summed E-state index contributed by atoms with van der Waals surface area (Å²) in [4.78, 5) is 2.08. The third-order valence-electron chi connectivity index (χ3n) is 2.54. The van der Waals surface area contributed by atoms with Crippen molar-refractivity contribution in [1.82, 2.24) is 9.21 Å². The van der Waals surface area contributed by atoms with Gasteiger partial charge in [0.25, 0.3) is 0 Å². The third kappa shape index (κ3) is 4.57. The van der Waals surface area contributed by atoms with Gasteiger partial charge in [0.05, 0.1) is 0 Å². The van der Waals surface area contributed by atoms with Gasteiger partial charge in [0.15, 0.2) is 0 Å². The summed E-state index contributed by atoms with van der Waals surface area (Å²) >= 11 is 5.40. The second-order valence-electron chi connectivity index (χ2n) is 4.53. The molecule has 0 aliphatic heterocycles. The molecule has 0 aliphatic rings. The van der Waals surface area contributed by atoms with Crippen molar-refractivity contribution in [2.75, 3.05) is 26.4 Å². The highest BCUT2D eigenvalue weighted by Gasteiger charge is 2.16. The van der Waals surface area contributed by atoms with Crippen LogP contribution in [0.5, 0.6) is 0 Å². The molecule has 6 heteroatoms. The van der Waals surface area contributed by atoms with Crippen molar-refractivity contribution in [3.05, 3.63) is 35.4 Å². The van der Waals surface area contributed by atoms with E-state index in [1.165, 1.54) is 16.9 Å². The molecule has 0 aliphatic carbocycles. The van der Waals surface area contributed by atoms with Crippen LogP contribution in [0.4, 0.5) is 0 Å². The lowest BCUT2D eigenvalue weighted by Crippen LogP contribution is -2.27. The molecule has 0 atom stereocenters. The molecule has 18 heavy (non-hydrogen) atoms. The summed E-state index contributed by atoms with van der Waals surface area (Å²) in [6.07, 6.45) is 0. The van der Waals surface area contributed by atoms with E-state index in [1.807, 2.05) is 38.4 Å². The lowest BCUT2D eigenvalue weighted by molar-refractivity contribution is 0.402. The molecule has 102 valence electrons. The quantitative estimate of drug-likeness (QED) is 0.749. The lowest BCUT2D eigenvalue weighted by atomic mass is 10.1. The molecular formula is C12H19ClN2O2S. The van der Waals surface area contributed by atoms with E-state index in [0.29, 0.717) is 6.54 Å². The molecule has 0 saturated heterocycles. The van der Waals surface area contributed by atoms with Gasteiger partial charge in [0.2, 0.25) is 10.0 Å². The molecule has 0 amide bonds. The average molecular weight is 291 g/mol. The Morgan fingerprint density at radius 1 is 1.00 bits per heavy atom. The third-order valence-corrected chi connectivity index (χ3v) is 4.72. The topological polar surface area (TPSA) is 40.6 Å². The van der Waals surface area contributed by atoms with Crippen molar-refractivity contribution < 1.29 is 8.42 Å². The van der Waals surface area contributed by atoms with Crippen LogP contribution in [0.2, 0.25) is 0 Å². The van der Waals surface area contributed by atoms with Crippen LogP contribution in [0.3, 0.4) is 0 Å². The van der Waals surface area contributed by atoms with Gasteiger partial charge < -0.3 is 4.90 Å². The monoisotopic (exact) mass is 290 g/mol. The second-order valence-corrected chi connectivity index (χ2v) is 7.19. The number of hydrogen-bond donors (Lipinski definition) is 0. The molecule has 0 bridgehead atoms. The number of nitrogens with zero attached hydrogens (tertiary/aromatic N) is 2. The molecule has 0 aromatic heterocycles. The van der Waals surface area contributed by atoms with Gasteiger partial charge >= 0.3 is 0 Å². The number of halogens is 1. The standard InChI is InChI=1S/C12H19ClN2O2S/c1-14(2)8-11-4-6-12(7-5-11)9-15(3)18(16,17)10-13/h4-7H,8-10H2,1-3H3. The van der Waals surface area contributed by atoms with Gasteiger partial charge in [0, 0.05) is 20.1 Å². The Labute approximate surface area is 114 Å². The van der Waals surface area contributed by atoms with Crippen LogP contribution >= 0.6 is 11.6 Å². The minimum absolute atomic E-state index is 0.345. The predicted octanol–water partition coefficient (Wildman–Crippen LogP) is 1.71. The molecular weight excluding hydrogens is 272 g/mol. The van der Waals surface area contributed by atoms with E-state index in [0.717, 1.165) is 12.1 Å². The summed E-state index contributed by atoms with van der Waals surface area (Å²) in [6.45, 7) is 1.22. The van der Waals surface area contributed by atoms with Gasteiger partial charge in [-0.25, -0.2) is 8.42 Å². The summed E-state index contributed by atoms with van der Waals surface area (Å²) in [5, 5.41) is -0.387. The van der Waals surface area contributed by atoms with Crippen molar-refractivity contribution >= 4 is 21.6 Å². The largest absolute Gasteiger partial charge is 0.305 e. The fourth-order valence-electron chi connectivity index (χ4n) is 1.55. The van der Waals surface area contributed by atoms with Crippen LogP contribution in [-0.2, 0) is 23.1 Å². The van der Waals surface area contributed by atoms with E-state index >= 15 is 0 Å². The Bertz CT molecular complexity index is 471. The summed E-state index contributed by atoms with van der Waals surface area (Å²) in [5.41, 5.74) is 2.15. The van der Waals surface area contributed by atoms with E-state index in [9.17, 15) is 8.42 Å². The van der Waals surface area contributed by atoms with E-state index in [1.54, 1.807) is 0 Å². The highest BCUT2D eigenvalue weighted by Crippen LogP contribution is 2.11. The van der Waals surface area contributed by atoms with E-state index in [2.05, 4.69) is 4.90 Å². The number of sulfonamides is 1. The maximum atomic E-state index is 11.5. The summed E-state index contributed by atoms with van der Waals surface area (Å²) in [7, 11) is 2.22. The summed E-state index contributed by atoms with van der Waals surface area (Å²) in [6, 6.07) is 7.91.